The fraction of sp³-hybridized carbons (Fsp3) is 0.250. The van der Waals surface area contributed by atoms with Gasteiger partial charge in [-0.05, 0) is 80.0 Å². The first-order valence-corrected chi connectivity index (χ1v) is 14.1. The van der Waals surface area contributed by atoms with Crippen molar-refractivity contribution in [2.75, 3.05) is 36.8 Å². The summed E-state index contributed by atoms with van der Waals surface area (Å²) in [6.07, 6.45) is 7.02. The number of hydrogen-bond donors (Lipinski definition) is 4. The minimum absolute atomic E-state index is 0.248. The third-order valence-corrected chi connectivity index (χ3v) is 7.00. The van der Waals surface area contributed by atoms with Gasteiger partial charge in [-0.15, -0.1) is 0 Å². The topological polar surface area (TPSA) is 111 Å². The number of carbonyl (C=O) groups excluding carboxylic acids is 2. The molecule has 4 aromatic rings. The molecular formula is C32H34FN7O2. The van der Waals surface area contributed by atoms with E-state index in [9.17, 15) is 14.0 Å². The predicted molar refractivity (Wildman–Crippen MR) is 162 cm³/mol. The lowest BCUT2D eigenvalue weighted by atomic mass is 10.1. The number of aromatic nitrogens is 2. The van der Waals surface area contributed by atoms with Gasteiger partial charge in [0.1, 0.15) is 11.6 Å². The van der Waals surface area contributed by atoms with E-state index in [0.29, 0.717) is 41.5 Å². The second-order valence-corrected chi connectivity index (χ2v) is 10.1. The molecule has 0 bridgehead atoms. The molecule has 216 valence electrons. The fourth-order valence-electron chi connectivity index (χ4n) is 4.79. The number of nitrogens with zero attached hydrogens (tertiary/aromatic N) is 3. The zero-order valence-corrected chi connectivity index (χ0v) is 23.3. The van der Waals surface area contributed by atoms with Crippen LogP contribution in [-0.2, 0) is 6.54 Å². The molecule has 0 unspecified atom stereocenters. The number of piperidine rings is 1. The van der Waals surface area contributed by atoms with E-state index in [4.69, 9.17) is 4.98 Å². The molecule has 1 saturated heterocycles. The number of nitrogens with one attached hydrogen (secondary N) is 4. The highest BCUT2D eigenvalue weighted by atomic mass is 19.1. The molecule has 42 heavy (non-hydrogen) atoms. The van der Waals surface area contributed by atoms with Gasteiger partial charge in [-0.25, -0.2) is 14.2 Å². The molecule has 1 fully saturated rings. The van der Waals surface area contributed by atoms with Crippen molar-refractivity contribution in [3.8, 4) is 11.3 Å². The van der Waals surface area contributed by atoms with E-state index in [0.717, 1.165) is 30.8 Å². The van der Waals surface area contributed by atoms with Crippen molar-refractivity contribution in [1.82, 2.24) is 25.5 Å². The Morgan fingerprint density at radius 1 is 0.881 bits per heavy atom. The van der Waals surface area contributed by atoms with E-state index < -0.39 is 5.82 Å². The number of rotatable bonds is 10. The number of urea groups is 1. The van der Waals surface area contributed by atoms with Gasteiger partial charge in [-0.1, -0.05) is 30.7 Å². The minimum Gasteiger partial charge on any atom is -0.351 e. The van der Waals surface area contributed by atoms with Crippen LogP contribution in [0.25, 0.3) is 11.3 Å². The second-order valence-electron chi connectivity index (χ2n) is 10.1. The zero-order chi connectivity index (χ0) is 29.1. The molecule has 3 heterocycles. The van der Waals surface area contributed by atoms with Crippen molar-refractivity contribution < 1.29 is 14.0 Å². The average Bonchev–Trinajstić information content (AvgIpc) is 3.01. The van der Waals surface area contributed by atoms with Crippen LogP contribution >= 0.6 is 0 Å². The quantitative estimate of drug-likeness (QED) is 0.200. The standard InChI is InChI=1S/C32H34FN7O2/c33-25-7-4-8-27(20-25)37-30-28(31(41)35-16-19-40-17-2-1-3-18-40)13-14-29(39-30)24-9-11-26(12-10-24)38-32(42)36-22-23-6-5-15-34-21-23/h4-15,20-21H,1-3,16-19,22H2,(H,35,41)(H,37,39)(H2,36,38,42). The number of benzene rings is 2. The molecule has 5 rings (SSSR count). The van der Waals surface area contributed by atoms with Crippen LogP contribution in [-0.4, -0.2) is 53.0 Å². The molecule has 1 aliphatic heterocycles. The lowest BCUT2D eigenvalue weighted by molar-refractivity contribution is 0.0947. The third kappa shape index (κ3) is 8.11. The smallest absolute Gasteiger partial charge is 0.319 e. The minimum atomic E-state index is -0.392. The van der Waals surface area contributed by atoms with Crippen molar-refractivity contribution in [1.29, 1.82) is 0 Å². The van der Waals surface area contributed by atoms with Crippen LogP contribution in [0.15, 0.2) is 85.2 Å². The van der Waals surface area contributed by atoms with Gasteiger partial charge in [0.05, 0.1) is 11.3 Å². The fourth-order valence-corrected chi connectivity index (χ4v) is 4.79. The highest BCUT2D eigenvalue weighted by Gasteiger charge is 2.16. The summed E-state index contributed by atoms with van der Waals surface area (Å²) in [4.78, 5) is 36.6. The SMILES string of the molecule is O=C(NCc1cccnc1)Nc1ccc(-c2ccc(C(=O)NCCN3CCCCC3)c(Nc3cccc(F)c3)n2)cc1. The maximum atomic E-state index is 13.9. The lowest BCUT2D eigenvalue weighted by Crippen LogP contribution is -2.37. The largest absolute Gasteiger partial charge is 0.351 e. The van der Waals surface area contributed by atoms with Crippen molar-refractivity contribution in [3.05, 3.63) is 102 Å². The van der Waals surface area contributed by atoms with Gasteiger partial charge in [0, 0.05) is 49.0 Å². The lowest BCUT2D eigenvalue weighted by Gasteiger charge is -2.26. The maximum Gasteiger partial charge on any atom is 0.319 e. The molecule has 1 aliphatic rings. The second kappa shape index (κ2) is 14.2. The zero-order valence-electron chi connectivity index (χ0n) is 23.3. The number of hydrogen-bond acceptors (Lipinski definition) is 6. The number of carbonyl (C=O) groups is 2. The Hall–Kier alpha value is -4.83. The summed E-state index contributed by atoms with van der Waals surface area (Å²) in [7, 11) is 0. The van der Waals surface area contributed by atoms with E-state index in [2.05, 4.69) is 31.2 Å². The first-order chi connectivity index (χ1) is 20.5. The van der Waals surface area contributed by atoms with Crippen LogP contribution in [0.1, 0.15) is 35.2 Å². The van der Waals surface area contributed by atoms with Crippen LogP contribution in [0.5, 0.6) is 0 Å². The molecule has 0 spiro atoms. The Labute approximate surface area is 244 Å². The van der Waals surface area contributed by atoms with E-state index in [1.54, 1.807) is 48.8 Å². The van der Waals surface area contributed by atoms with Crippen molar-refractivity contribution >= 4 is 29.1 Å². The molecule has 0 atom stereocenters. The summed E-state index contributed by atoms with van der Waals surface area (Å²) in [5, 5.41) is 11.7. The Kier molecular flexibility index (Phi) is 9.69. The van der Waals surface area contributed by atoms with Crippen molar-refractivity contribution in [2.24, 2.45) is 0 Å². The van der Waals surface area contributed by atoms with E-state index >= 15 is 0 Å². The molecule has 0 radical (unpaired) electrons. The summed E-state index contributed by atoms with van der Waals surface area (Å²) >= 11 is 0. The normalized spacial score (nSPS) is 13.3. The van der Waals surface area contributed by atoms with E-state index in [-0.39, 0.29) is 11.9 Å². The van der Waals surface area contributed by atoms with Crippen LogP contribution in [0.4, 0.5) is 26.4 Å². The first-order valence-electron chi connectivity index (χ1n) is 14.1. The molecular weight excluding hydrogens is 533 g/mol. The van der Waals surface area contributed by atoms with Crippen LogP contribution in [0.2, 0.25) is 0 Å². The van der Waals surface area contributed by atoms with Crippen LogP contribution in [0.3, 0.4) is 0 Å². The van der Waals surface area contributed by atoms with Gasteiger partial charge in [-0.3, -0.25) is 9.78 Å². The van der Waals surface area contributed by atoms with Gasteiger partial charge in [0.15, 0.2) is 0 Å². The van der Waals surface area contributed by atoms with E-state index in [1.807, 2.05) is 24.3 Å². The van der Waals surface area contributed by atoms with Crippen LogP contribution in [0, 0.1) is 5.82 Å². The molecule has 9 nitrogen and oxygen atoms in total. The van der Waals surface area contributed by atoms with Gasteiger partial charge in [-0.2, -0.15) is 0 Å². The summed E-state index contributed by atoms with van der Waals surface area (Å²) in [6, 6.07) is 20.1. The summed E-state index contributed by atoms with van der Waals surface area (Å²) in [5.41, 5.74) is 3.77. The molecule has 2 aromatic heterocycles. The van der Waals surface area contributed by atoms with E-state index in [1.165, 1.54) is 31.4 Å². The maximum absolute atomic E-state index is 13.9. The molecule has 0 aliphatic carbocycles. The third-order valence-electron chi connectivity index (χ3n) is 7.00. The molecule has 0 saturated carbocycles. The Morgan fingerprint density at radius 3 is 2.48 bits per heavy atom. The van der Waals surface area contributed by atoms with Gasteiger partial charge < -0.3 is 26.2 Å². The first kappa shape index (κ1) is 28.7. The van der Waals surface area contributed by atoms with Gasteiger partial charge >= 0.3 is 6.03 Å². The van der Waals surface area contributed by atoms with Crippen molar-refractivity contribution in [3.63, 3.8) is 0 Å². The molecule has 4 N–H and O–H groups in total. The number of pyridine rings is 2. The Balaban J connectivity index is 1.27. The summed E-state index contributed by atoms with van der Waals surface area (Å²) < 4.78 is 13.9. The highest BCUT2D eigenvalue weighted by molar-refractivity contribution is 6.00. The summed E-state index contributed by atoms with van der Waals surface area (Å²) in [6.45, 7) is 3.81. The van der Waals surface area contributed by atoms with Crippen molar-refractivity contribution in [2.45, 2.75) is 25.8 Å². The monoisotopic (exact) mass is 567 g/mol. The van der Waals surface area contributed by atoms with Crippen LogP contribution < -0.4 is 21.3 Å². The number of amides is 3. The molecule has 3 amide bonds. The Bertz CT molecular complexity index is 1490. The summed E-state index contributed by atoms with van der Waals surface area (Å²) in [5.74, 6) is -0.316. The Morgan fingerprint density at radius 2 is 1.71 bits per heavy atom. The molecule has 2 aromatic carbocycles. The predicted octanol–water partition coefficient (Wildman–Crippen LogP) is 5.56. The molecule has 10 heteroatoms. The van der Waals surface area contributed by atoms with Gasteiger partial charge in [0.2, 0.25) is 0 Å². The number of halogens is 1. The average molecular weight is 568 g/mol. The number of likely N-dealkylation sites (tertiary alicyclic amines) is 1. The van der Waals surface area contributed by atoms with Gasteiger partial charge in [0.25, 0.3) is 5.91 Å². The number of anilines is 3. The highest BCUT2D eigenvalue weighted by Crippen LogP contribution is 2.26.